The Morgan fingerprint density at radius 1 is 1.48 bits per heavy atom. The molecule has 3 aromatic heterocycles. The second kappa shape index (κ2) is 6.71. The maximum Gasteiger partial charge on any atom is 0.284 e. The molecular weight excluding hydrogens is 363 g/mol. The third-order valence-electron chi connectivity index (χ3n) is 4.43. The van der Waals surface area contributed by atoms with Gasteiger partial charge in [0.25, 0.3) is 5.92 Å². The van der Waals surface area contributed by atoms with Crippen molar-refractivity contribution < 1.29 is 17.9 Å². The highest BCUT2D eigenvalue weighted by Gasteiger charge is 2.46. The molecule has 0 unspecified atom stereocenters. The van der Waals surface area contributed by atoms with Gasteiger partial charge in [-0.25, -0.2) is 18.2 Å². The van der Waals surface area contributed by atoms with Gasteiger partial charge in [-0.15, -0.1) is 5.10 Å². The highest BCUT2D eigenvalue weighted by Crippen LogP contribution is 2.40. The number of hydrogen-bond donors (Lipinski definition) is 2. The van der Waals surface area contributed by atoms with Gasteiger partial charge in [0, 0.05) is 18.2 Å². The van der Waals surface area contributed by atoms with E-state index in [0.29, 0.717) is 17.7 Å². The fraction of sp³-hybridized carbons (Fsp3) is 0.500. The third kappa shape index (κ3) is 3.28. The summed E-state index contributed by atoms with van der Waals surface area (Å²) in [7, 11) is 0. The lowest BCUT2D eigenvalue weighted by molar-refractivity contribution is -0.0732. The molecule has 0 bridgehead atoms. The number of aromatic nitrogens is 6. The fourth-order valence-electron chi connectivity index (χ4n) is 3.03. The Morgan fingerprint density at radius 2 is 2.33 bits per heavy atom. The average Bonchev–Trinajstić information content (AvgIpc) is 3.35. The summed E-state index contributed by atoms with van der Waals surface area (Å²) < 4.78 is 48.1. The van der Waals surface area contributed by atoms with Crippen LogP contribution >= 0.6 is 0 Å². The van der Waals surface area contributed by atoms with Gasteiger partial charge < -0.3 is 10.1 Å². The molecule has 0 saturated heterocycles. The molecule has 1 aliphatic rings. The molecule has 0 radical (unpaired) electrons. The predicted molar refractivity (Wildman–Crippen MR) is 90.6 cm³/mol. The van der Waals surface area contributed by atoms with Gasteiger partial charge >= 0.3 is 0 Å². The molecule has 0 aliphatic heterocycles. The van der Waals surface area contributed by atoms with Crippen molar-refractivity contribution in [3.05, 3.63) is 18.7 Å². The molecule has 0 aromatic carbocycles. The molecule has 2 atom stereocenters. The van der Waals surface area contributed by atoms with Gasteiger partial charge in [0.15, 0.2) is 11.9 Å². The van der Waals surface area contributed by atoms with E-state index >= 15 is 0 Å². The number of rotatable bonds is 6. The van der Waals surface area contributed by atoms with Crippen LogP contribution in [-0.2, 0) is 0 Å². The smallest absolute Gasteiger partial charge is 0.284 e. The molecule has 11 heteroatoms. The fourth-order valence-corrected chi connectivity index (χ4v) is 3.03. The minimum Gasteiger partial charge on any atom is -0.478 e. The molecule has 3 heterocycles. The zero-order chi connectivity index (χ0) is 19.0. The van der Waals surface area contributed by atoms with Crippen LogP contribution in [0.15, 0.2) is 18.7 Å². The van der Waals surface area contributed by atoms with Gasteiger partial charge in [-0.1, -0.05) is 0 Å². The number of alkyl halides is 3. The zero-order valence-electron chi connectivity index (χ0n) is 14.5. The lowest BCUT2D eigenvalue weighted by atomic mass is 10.2. The van der Waals surface area contributed by atoms with Crippen molar-refractivity contribution in [1.29, 1.82) is 0 Å². The van der Waals surface area contributed by atoms with Crippen LogP contribution in [0.3, 0.4) is 0 Å². The molecule has 1 fully saturated rings. The summed E-state index contributed by atoms with van der Waals surface area (Å²) in [4.78, 5) is 8.58. The van der Waals surface area contributed by atoms with Crippen molar-refractivity contribution in [1.82, 2.24) is 29.8 Å². The Labute approximate surface area is 152 Å². The number of ether oxygens (including phenoxy) is 1. The van der Waals surface area contributed by atoms with Crippen LogP contribution in [0.4, 0.5) is 19.1 Å². The van der Waals surface area contributed by atoms with Crippen LogP contribution in [0.5, 0.6) is 5.75 Å². The summed E-state index contributed by atoms with van der Waals surface area (Å²) in [5.41, 5.74) is 1.12. The van der Waals surface area contributed by atoms with Crippen molar-refractivity contribution in [3.63, 3.8) is 0 Å². The van der Waals surface area contributed by atoms with E-state index in [1.165, 1.54) is 17.0 Å². The predicted octanol–water partition coefficient (Wildman–Crippen LogP) is 2.85. The first kappa shape index (κ1) is 17.6. The Kier molecular flexibility index (Phi) is 4.36. The minimum absolute atomic E-state index is 0.0962. The summed E-state index contributed by atoms with van der Waals surface area (Å²) in [5, 5.41) is 13.5. The van der Waals surface area contributed by atoms with Crippen molar-refractivity contribution in [2.45, 2.75) is 44.3 Å². The topological polar surface area (TPSA) is 93.0 Å². The number of nitrogens with one attached hydrogen (secondary N) is 2. The Bertz CT molecular complexity index is 928. The Balaban J connectivity index is 1.79. The SMILES string of the molecule is C[C@@H](CF)Nc1nc2c(O[C@H]3CCCC3(F)F)c(-c3cn[nH]c3)ncn2n1. The number of anilines is 1. The van der Waals surface area contributed by atoms with Gasteiger partial charge in [0.2, 0.25) is 11.6 Å². The second-order valence-corrected chi connectivity index (χ2v) is 6.57. The average molecular weight is 381 g/mol. The van der Waals surface area contributed by atoms with E-state index in [2.05, 4.69) is 30.6 Å². The molecule has 1 aliphatic carbocycles. The number of hydrogen-bond acceptors (Lipinski definition) is 6. The van der Waals surface area contributed by atoms with Crippen LogP contribution in [-0.4, -0.2) is 54.5 Å². The van der Waals surface area contributed by atoms with Gasteiger partial charge in [0.1, 0.15) is 18.7 Å². The number of aromatic amines is 1. The van der Waals surface area contributed by atoms with Crippen molar-refractivity contribution in [3.8, 4) is 17.0 Å². The summed E-state index contributed by atoms with van der Waals surface area (Å²) >= 11 is 0. The normalized spacial score (nSPS) is 20.1. The van der Waals surface area contributed by atoms with Gasteiger partial charge in [-0.2, -0.15) is 14.6 Å². The van der Waals surface area contributed by atoms with Crippen LogP contribution in [0.1, 0.15) is 26.2 Å². The first-order valence-corrected chi connectivity index (χ1v) is 8.59. The highest BCUT2D eigenvalue weighted by molar-refractivity contribution is 5.74. The van der Waals surface area contributed by atoms with Crippen molar-refractivity contribution >= 4 is 11.6 Å². The molecule has 3 aromatic rings. The van der Waals surface area contributed by atoms with Crippen LogP contribution in [0, 0.1) is 0 Å². The van der Waals surface area contributed by atoms with E-state index in [4.69, 9.17) is 4.74 Å². The summed E-state index contributed by atoms with van der Waals surface area (Å²) in [5.74, 6) is -2.67. The molecule has 1 saturated carbocycles. The minimum atomic E-state index is -2.93. The van der Waals surface area contributed by atoms with Crippen LogP contribution in [0.25, 0.3) is 16.9 Å². The van der Waals surface area contributed by atoms with Crippen LogP contribution in [0.2, 0.25) is 0 Å². The third-order valence-corrected chi connectivity index (χ3v) is 4.43. The monoisotopic (exact) mass is 381 g/mol. The van der Waals surface area contributed by atoms with Gasteiger partial charge in [-0.05, 0) is 19.8 Å². The standard InChI is InChI=1S/C16H18F3N7O/c1-9(5-17)23-15-24-14-13(27-11-3-2-4-16(11,18)19)12(10-6-21-22-7-10)20-8-26(14)25-15/h6-9,11H,2-5H2,1H3,(H,21,22)(H,23,25)/t9-,11-/m0/s1. The maximum absolute atomic E-state index is 14.1. The molecular formula is C16H18F3N7O. The van der Waals surface area contributed by atoms with Crippen molar-refractivity contribution in [2.24, 2.45) is 0 Å². The molecule has 0 spiro atoms. The number of fused-ring (bicyclic) bond motifs is 1. The molecule has 8 nitrogen and oxygen atoms in total. The lowest BCUT2D eigenvalue weighted by Crippen LogP contribution is -2.32. The van der Waals surface area contributed by atoms with Gasteiger partial charge in [-0.3, -0.25) is 5.10 Å². The summed E-state index contributed by atoms with van der Waals surface area (Å²) in [6, 6.07) is -0.493. The summed E-state index contributed by atoms with van der Waals surface area (Å²) in [6.45, 7) is 1.03. The van der Waals surface area contributed by atoms with E-state index in [0.717, 1.165) is 0 Å². The lowest BCUT2D eigenvalue weighted by Gasteiger charge is -2.21. The van der Waals surface area contributed by atoms with E-state index in [9.17, 15) is 13.2 Å². The Morgan fingerprint density at radius 3 is 3.00 bits per heavy atom. The zero-order valence-corrected chi connectivity index (χ0v) is 14.5. The molecule has 144 valence electrons. The van der Waals surface area contributed by atoms with E-state index in [-0.39, 0.29) is 30.2 Å². The van der Waals surface area contributed by atoms with Crippen molar-refractivity contribution in [2.75, 3.05) is 12.0 Å². The van der Waals surface area contributed by atoms with E-state index in [1.807, 2.05) is 0 Å². The quantitative estimate of drug-likeness (QED) is 0.682. The Hall–Kier alpha value is -2.85. The van der Waals surface area contributed by atoms with Crippen LogP contribution < -0.4 is 10.1 Å². The summed E-state index contributed by atoms with van der Waals surface area (Å²) in [6.07, 6.45) is 3.62. The molecule has 4 rings (SSSR count). The van der Waals surface area contributed by atoms with Gasteiger partial charge in [0.05, 0.1) is 12.2 Å². The number of halogens is 3. The largest absolute Gasteiger partial charge is 0.478 e. The van der Waals surface area contributed by atoms with E-state index in [1.54, 1.807) is 13.1 Å². The number of H-pyrrole nitrogens is 1. The maximum atomic E-state index is 14.1. The first-order valence-electron chi connectivity index (χ1n) is 8.59. The number of nitrogens with zero attached hydrogens (tertiary/aromatic N) is 5. The highest BCUT2D eigenvalue weighted by atomic mass is 19.3. The second-order valence-electron chi connectivity index (χ2n) is 6.57. The molecule has 0 amide bonds. The first-order chi connectivity index (χ1) is 13.0. The van der Waals surface area contributed by atoms with E-state index < -0.39 is 24.7 Å². The molecule has 2 N–H and O–H groups in total. The molecule has 27 heavy (non-hydrogen) atoms.